The number of aliphatic hydroxyl groups excluding tert-OH is 1. The van der Waals surface area contributed by atoms with Crippen LogP contribution in [0.5, 0.6) is 5.75 Å². The summed E-state index contributed by atoms with van der Waals surface area (Å²) in [5.41, 5.74) is 0.549. The topological polar surface area (TPSA) is 42.4 Å². The van der Waals surface area contributed by atoms with Gasteiger partial charge in [0.15, 0.2) is 10.9 Å². The lowest BCUT2D eigenvalue weighted by molar-refractivity contribution is 0.194. The molecule has 0 radical (unpaired) electrons. The van der Waals surface area contributed by atoms with Crippen LogP contribution in [0.15, 0.2) is 18.2 Å². The lowest BCUT2D eigenvalue weighted by Crippen LogP contribution is -2.02. The fourth-order valence-corrected chi connectivity index (χ4v) is 2.20. The zero-order valence-corrected chi connectivity index (χ0v) is 12.0. The van der Waals surface area contributed by atoms with E-state index in [2.05, 4.69) is 27.6 Å². The van der Waals surface area contributed by atoms with Crippen LogP contribution in [0, 0.1) is 3.57 Å². The van der Waals surface area contributed by atoms with Crippen LogP contribution in [-0.2, 0) is 0 Å². The third-order valence-corrected chi connectivity index (χ3v) is 2.95. The summed E-state index contributed by atoms with van der Waals surface area (Å²) in [5.74, 6) is 0.560. The predicted octanol–water partition coefficient (Wildman–Crippen LogP) is 3.35. The Balaban J connectivity index is 2.94. The Morgan fingerprint density at radius 1 is 1.69 bits per heavy atom. The van der Waals surface area contributed by atoms with Gasteiger partial charge in [0.1, 0.15) is 6.61 Å². The number of aliphatic hydroxyl groups is 1. The molecule has 1 aromatic rings. The average molecular weight is 354 g/mol. The van der Waals surface area contributed by atoms with E-state index in [9.17, 15) is 5.11 Å². The van der Waals surface area contributed by atoms with Crippen molar-refractivity contribution in [2.24, 2.45) is 0 Å². The molecule has 3 nitrogen and oxygen atoms in total. The van der Waals surface area contributed by atoms with E-state index in [1.807, 2.05) is 19.1 Å². The molecule has 0 aliphatic carbocycles. The predicted molar refractivity (Wildman–Crippen MR) is 72.9 cm³/mol. The highest BCUT2D eigenvalue weighted by molar-refractivity contribution is 14.1. The average Bonchev–Trinajstić information content (AvgIpc) is 2.21. The van der Waals surface area contributed by atoms with E-state index in [0.717, 1.165) is 3.57 Å². The molecule has 0 aromatic carbocycles. The van der Waals surface area contributed by atoms with E-state index in [1.54, 1.807) is 13.0 Å². The molecule has 0 aliphatic rings. The van der Waals surface area contributed by atoms with Crippen molar-refractivity contribution in [1.82, 2.24) is 4.98 Å². The normalized spacial score (nSPS) is 13.1. The lowest BCUT2D eigenvalue weighted by atomic mass is 10.2. The molecule has 88 valence electrons. The smallest absolute Gasteiger partial charge is 0.172 e. The minimum atomic E-state index is -0.629. The quantitative estimate of drug-likeness (QED) is 0.513. The van der Waals surface area contributed by atoms with Crippen LogP contribution in [0.4, 0.5) is 0 Å². The summed E-state index contributed by atoms with van der Waals surface area (Å²) in [6.07, 6.45) is 3.16. The van der Waals surface area contributed by atoms with Crippen molar-refractivity contribution in [3.05, 3.63) is 32.6 Å². The number of pyridine rings is 1. The molecule has 0 bridgehead atoms. The Hall–Kier alpha value is -0.330. The first-order valence-electron chi connectivity index (χ1n) is 4.84. The Morgan fingerprint density at radius 3 is 2.88 bits per heavy atom. The summed E-state index contributed by atoms with van der Waals surface area (Å²) in [6, 6.07) is 1.77. The summed E-state index contributed by atoms with van der Waals surface area (Å²) in [7, 11) is 0. The second kappa shape index (κ2) is 6.42. The second-order valence-corrected chi connectivity index (χ2v) is 4.73. The fraction of sp³-hybridized carbons (Fsp3) is 0.364. The van der Waals surface area contributed by atoms with Gasteiger partial charge >= 0.3 is 0 Å². The number of nitrogens with zero attached hydrogens (tertiary/aromatic N) is 1. The molecule has 1 N–H and O–H groups in total. The van der Waals surface area contributed by atoms with Crippen LogP contribution in [0.3, 0.4) is 0 Å². The van der Waals surface area contributed by atoms with Crippen LogP contribution in [-0.4, -0.2) is 16.7 Å². The van der Waals surface area contributed by atoms with E-state index in [-0.39, 0.29) is 5.15 Å². The molecule has 16 heavy (non-hydrogen) atoms. The van der Waals surface area contributed by atoms with E-state index < -0.39 is 6.10 Å². The maximum absolute atomic E-state index is 9.40. The molecule has 0 saturated carbocycles. The second-order valence-electron chi connectivity index (χ2n) is 3.20. The Bertz CT molecular complexity index is 371. The van der Waals surface area contributed by atoms with Gasteiger partial charge in [0.05, 0.1) is 15.4 Å². The van der Waals surface area contributed by atoms with Crippen molar-refractivity contribution in [2.75, 3.05) is 6.61 Å². The van der Waals surface area contributed by atoms with Gasteiger partial charge in [-0.15, -0.1) is 0 Å². The van der Waals surface area contributed by atoms with Crippen molar-refractivity contribution in [3.8, 4) is 5.75 Å². The third kappa shape index (κ3) is 3.61. The largest absolute Gasteiger partial charge is 0.485 e. The molecule has 5 heteroatoms. The van der Waals surface area contributed by atoms with Crippen molar-refractivity contribution in [3.63, 3.8) is 0 Å². The van der Waals surface area contributed by atoms with E-state index in [4.69, 9.17) is 16.3 Å². The number of hydrogen-bond donors (Lipinski definition) is 1. The van der Waals surface area contributed by atoms with Crippen molar-refractivity contribution in [2.45, 2.75) is 20.0 Å². The number of aromatic nitrogens is 1. The maximum atomic E-state index is 9.40. The zero-order chi connectivity index (χ0) is 12.1. The van der Waals surface area contributed by atoms with Gasteiger partial charge in [-0.2, -0.15) is 0 Å². The van der Waals surface area contributed by atoms with Crippen LogP contribution in [0.1, 0.15) is 25.6 Å². The van der Waals surface area contributed by atoms with Gasteiger partial charge in [0.25, 0.3) is 0 Å². The lowest BCUT2D eigenvalue weighted by Gasteiger charge is -2.11. The van der Waals surface area contributed by atoms with Gasteiger partial charge in [0.2, 0.25) is 0 Å². The Labute approximate surface area is 114 Å². The van der Waals surface area contributed by atoms with Crippen LogP contribution >= 0.6 is 34.2 Å². The van der Waals surface area contributed by atoms with Gasteiger partial charge in [-0.1, -0.05) is 23.8 Å². The van der Waals surface area contributed by atoms with Gasteiger partial charge in [-0.05, 0) is 42.5 Å². The standard InChI is InChI=1S/C11H13ClINO2/c1-3-4-5-16-10-8(13)6-9(7(2)15)14-11(10)12/h3-4,6-7,15H,5H2,1-2H3/b4-3+. The number of halogens is 2. The van der Waals surface area contributed by atoms with Crippen molar-refractivity contribution < 1.29 is 9.84 Å². The molecule has 0 spiro atoms. The fourth-order valence-electron chi connectivity index (χ4n) is 1.06. The Morgan fingerprint density at radius 2 is 2.38 bits per heavy atom. The molecule has 1 heterocycles. The molecule has 0 amide bonds. The van der Waals surface area contributed by atoms with Gasteiger partial charge in [-0.3, -0.25) is 0 Å². The first-order chi connectivity index (χ1) is 7.56. The minimum Gasteiger partial charge on any atom is -0.485 e. The van der Waals surface area contributed by atoms with Gasteiger partial charge in [0, 0.05) is 0 Å². The van der Waals surface area contributed by atoms with Crippen LogP contribution in [0.2, 0.25) is 5.15 Å². The van der Waals surface area contributed by atoms with Gasteiger partial charge in [-0.25, -0.2) is 4.98 Å². The maximum Gasteiger partial charge on any atom is 0.172 e. The van der Waals surface area contributed by atoms with Crippen molar-refractivity contribution in [1.29, 1.82) is 0 Å². The minimum absolute atomic E-state index is 0.285. The summed E-state index contributed by atoms with van der Waals surface area (Å²) in [4.78, 5) is 4.07. The molecular formula is C11H13ClINO2. The molecule has 0 aliphatic heterocycles. The van der Waals surface area contributed by atoms with E-state index in [1.165, 1.54) is 0 Å². The molecule has 1 unspecified atom stereocenters. The highest BCUT2D eigenvalue weighted by atomic mass is 127. The highest BCUT2D eigenvalue weighted by Gasteiger charge is 2.12. The number of allylic oxidation sites excluding steroid dienone is 1. The Kier molecular flexibility index (Phi) is 5.51. The monoisotopic (exact) mass is 353 g/mol. The molecule has 1 aromatic heterocycles. The SMILES string of the molecule is C/C=C/COc1c(I)cc(C(C)O)nc1Cl. The third-order valence-electron chi connectivity index (χ3n) is 1.89. The molecule has 1 rings (SSSR count). The number of ether oxygens (including phenoxy) is 1. The summed E-state index contributed by atoms with van der Waals surface area (Å²) in [5, 5.41) is 9.69. The number of rotatable bonds is 4. The number of hydrogen-bond acceptors (Lipinski definition) is 3. The van der Waals surface area contributed by atoms with E-state index in [0.29, 0.717) is 18.1 Å². The van der Waals surface area contributed by atoms with Crippen LogP contribution in [0.25, 0.3) is 0 Å². The zero-order valence-electron chi connectivity index (χ0n) is 9.08. The van der Waals surface area contributed by atoms with Crippen LogP contribution < -0.4 is 4.74 Å². The van der Waals surface area contributed by atoms with E-state index >= 15 is 0 Å². The summed E-state index contributed by atoms with van der Waals surface area (Å²) in [6.45, 7) is 4.03. The highest BCUT2D eigenvalue weighted by Crippen LogP contribution is 2.30. The van der Waals surface area contributed by atoms with Gasteiger partial charge < -0.3 is 9.84 Å². The molecular weight excluding hydrogens is 340 g/mol. The van der Waals surface area contributed by atoms with Crippen molar-refractivity contribution >= 4 is 34.2 Å². The molecule has 1 atom stereocenters. The molecule has 0 fully saturated rings. The first-order valence-corrected chi connectivity index (χ1v) is 6.30. The molecule has 0 saturated heterocycles. The summed E-state index contributed by atoms with van der Waals surface area (Å²) < 4.78 is 6.32. The first kappa shape index (κ1) is 13.7. The summed E-state index contributed by atoms with van der Waals surface area (Å²) >= 11 is 8.09.